The van der Waals surface area contributed by atoms with Crippen LogP contribution in [-0.2, 0) is 34.1 Å². The predicted molar refractivity (Wildman–Crippen MR) is 120 cm³/mol. The second kappa shape index (κ2) is 8.74. The number of aryl methyl sites for hydroxylation is 1. The summed E-state index contributed by atoms with van der Waals surface area (Å²) in [5.41, 5.74) is 4.91. The minimum absolute atomic E-state index is 0.0152. The number of hydrogen-bond acceptors (Lipinski definition) is 6. The van der Waals surface area contributed by atoms with Crippen LogP contribution >= 0.6 is 0 Å². The molecule has 0 bridgehead atoms. The van der Waals surface area contributed by atoms with Crippen molar-refractivity contribution in [3.05, 3.63) is 59.4 Å². The van der Waals surface area contributed by atoms with Crippen molar-refractivity contribution >= 4 is 15.9 Å². The summed E-state index contributed by atoms with van der Waals surface area (Å²) in [5.74, 6) is -0.117. The van der Waals surface area contributed by atoms with Crippen molar-refractivity contribution in [1.29, 1.82) is 0 Å². The molecule has 0 aliphatic heterocycles. The van der Waals surface area contributed by atoms with Gasteiger partial charge >= 0.3 is 0 Å². The Bertz CT molecular complexity index is 1260. The van der Waals surface area contributed by atoms with E-state index in [9.17, 15) is 13.2 Å². The Morgan fingerprint density at radius 2 is 2.03 bits per heavy atom. The number of sulfonamides is 1. The molecule has 4 rings (SSSR count). The standard InChI is InChI=1S/C23H26N4O4S/c1-15(2)27-12-10-23(25-27)32(29,30)26-21(28)14-20-18-6-4-5-16(18)7-8-19(20)17-9-11-24-22(13-17)31-3/h7-13,15H,4-6,14H2,1-3H3,(H,26,28). The number of rotatable bonds is 7. The van der Waals surface area contributed by atoms with Gasteiger partial charge in [-0.3, -0.25) is 9.48 Å². The summed E-state index contributed by atoms with van der Waals surface area (Å²) >= 11 is 0. The molecule has 8 nitrogen and oxygen atoms in total. The lowest BCUT2D eigenvalue weighted by atomic mass is 9.91. The fourth-order valence-corrected chi connectivity index (χ4v) is 4.97. The fraction of sp³-hybridized carbons (Fsp3) is 0.348. The Labute approximate surface area is 187 Å². The summed E-state index contributed by atoms with van der Waals surface area (Å²) in [5, 5.41) is 3.91. The van der Waals surface area contributed by atoms with Crippen LogP contribution in [0.1, 0.15) is 43.0 Å². The van der Waals surface area contributed by atoms with Crippen molar-refractivity contribution in [1.82, 2.24) is 19.5 Å². The van der Waals surface area contributed by atoms with Crippen LogP contribution in [0.3, 0.4) is 0 Å². The van der Waals surface area contributed by atoms with Gasteiger partial charge < -0.3 is 4.74 Å². The summed E-state index contributed by atoms with van der Waals surface area (Å²) in [7, 11) is -2.51. The number of pyridine rings is 1. The Hall–Kier alpha value is -3.20. The first-order valence-corrected chi connectivity index (χ1v) is 12.0. The van der Waals surface area contributed by atoms with Gasteiger partial charge in [-0.05, 0) is 73.1 Å². The molecular weight excluding hydrogens is 428 g/mol. The van der Waals surface area contributed by atoms with E-state index in [1.165, 1.54) is 16.3 Å². The molecule has 0 atom stereocenters. The first kappa shape index (κ1) is 22.0. The van der Waals surface area contributed by atoms with Crippen molar-refractivity contribution in [3.8, 4) is 17.0 Å². The van der Waals surface area contributed by atoms with Crippen LogP contribution in [0.15, 0.2) is 47.8 Å². The molecule has 0 radical (unpaired) electrons. The average molecular weight is 455 g/mol. The van der Waals surface area contributed by atoms with Gasteiger partial charge in [-0.25, -0.2) is 9.71 Å². The van der Waals surface area contributed by atoms with E-state index in [1.807, 2.05) is 32.0 Å². The third-order valence-electron chi connectivity index (χ3n) is 5.63. The lowest BCUT2D eigenvalue weighted by Crippen LogP contribution is -2.32. The topological polar surface area (TPSA) is 103 Å². The van der Waals surface area contributed by atoms with Crippen LogP contribution in [0.4, 0.5) is 0 Å². The molecule has 168 valence electrons. The van der Waals surface area contributed by atoms with E-state index in [4.69, 9.17) is 4.74 Å². The number of nitrogens with zero attached hydrogens (tertiary/aromatic N) is 3. The van der Waals surface area contributed by atoms with Crippen LogP contribution in [0.25, 0.3) is 11.1 Å². The summed E-state index contributed by atoms with van der Waals surface area (Å²) in [6.07, 6.45) is 6.02. The van der Waals surface area contributed by atoms with Gasteiger partial charge in [0, 0.05) is 24.5 Å². The highest BCUT2D eigenvalue weighted by Crippen LogP contribution is 2.34. The van der Waals surface area contributed by atoms with E-state index < -0.39 is 15.9 Å². The van der Waals surface area contributed by atoms with Gasteiger partial charge in [-0.2, -0.15) is 13.5 Å². The number of nitrogens with one attached hydrogen (secondary N) is 1. The van der Waals surface area contributed by atoms with Crippen molar-refractivity contribution in [3.63, 3.8) is 0 Å². The first-order chi connectivity index (χ1) is 15.3. The smallest absolute Gasteiger partial charge is 0.283 e. The molecule has 9 heteroatoms. The molecule has 0 saturated carbocycles. The van der Waals surface area contributed by atoms with Crippen molar-refractivity contribution in [2.45, 2.75) is 50.6 Å². The highest BCUT2D eigenvalue weighted by atomic mass is 32.2. The summed E-state index contributed by atoms with van der Waals surface area (Å²) in [4.78, 5) is 17.0. The minimum Gasteiger partial charge on any atom is -0.481 e. The number of carbonyl (C=O) groups is 1. The molecule has 1 aliphatic rings. The molecule has 0 spiro atoms. The molecule has 3 aromatic rings. The second-order valence-electron chi connectivity index (χ2n) is 8.10. The average Bonchev–Trinajstić information content (AvgIpc) is 3.44. The fourth-order valence-electron chi connectivity index (χ4n) is 4.05. The first-order valence-electron chi connectivity index (χ1n) is 10.5. The normalized spacial score (nSPS) is 13.2. The molecule has 1 N–H and O–H groups in total. The number of ether oxygens (including phenoxy) is 1. The molecule has 0 unspecified atom stereocenters. The lowest BCUT2D eigenvalue weighted by molar-refractivity contribution is -0.118. The molecule has 2 heterocycles. The number of amides is 1. The Morgan fingerprint density at radius 1 is 1.22 bits per heavy atom. The van der Waals surface area contributed by atoms with Crippen molar-refractivity contribution < 1.29 is 17.9 Å². The Morgan fingerprint density at radius 3 is 2.75 bits per heavy atom. The van der Waals surface area contributed by atoms with E-state index in [1.54, 1.807) is 19.5 Å². The minimum atomic E-state index is -4.06. The highest BCUT2D eigenvalue weighted by molar-refractivity contribution is 7.90. The van der Waals surface area contributed by atoms with Gasteiger partial charge in [0.25, 0.3) is 10.0 Å². The van der Waals surface area contributed by atoms with E-state index in [-0.39, 0.29) is 17.5 Å². The quantitative estimate of drug-likeness (QED) is 0.589. The SMILES string of the molecule is COc1cc(-c2ccc3c(c2CC(=O)NS(=O)(=O)c2ccn(C(C)C)n2)CCC3)ccn1. The molecular formula is C23H26N4O4S. The van der Waals surface area contributed by atoms with Crippen LogP contribution < -0.4 is 9.46 Å². The van der Waals surface area contributed by atoms with Crippen molar-refractivity contribution in [2.75, 3.05) is 7.11 Å². The lowest BCUT2D eigenvalue weighted by Gasteiger charge is -2.15. The van der Waals surface area contributed by atoms with Gasteiger partial charge in [0.1, 0.15) is 0 Å². The zero-order valence-corrected chi connectivity index (χ0v) is 19.1. The summed E-state index contributed by atoms with van der Waals surface area (Å²) in [6, 6.07) is 9.15. The number of methoxy groups -OCH3 is 1. The van der Waals surface area contributed by atoms with Gasteiger partial charge in [0.2, 0.25) is 11.8 Å². The number of carbonyl (C=O) groups excluding carboxylic acids is 1. The Balaban J connectivity index is 1.64. The molecule has 1 amide bonds. The monoisotopic (exact) mass is 454 g/mol. The highest BCUT2D eigenvalue weighted by Gasteiger charge is 2.25. The van der Waals surface area contributed by atoms with Crippen LogP contribution in [0.2, 0.25) is 0 Å². The van der Waals surface area contributed by atoms with Gasteiger partial charge in [0.15, 0.2) is 5.03 Å². The molecule has 1 aliphatic carbocycles. The maximum atomic E-state index is 12.9. The molecule has 32 heavy (non-hydrogen) atoms. The van der Waals surface area contributed by atoms with E-state index in [0.717, 1.165) is 41.5 Å². The largest absolute Gasteiger partial charge is 0.481 e. The number of fused-ring (bicyclic) bond motifs is 1. The maximum Gasteiger partial charge on any atom is 0.283 e. The van der Waals surface area contributed by atoms with Gasteiger partial charge in [-0.1, -0.05) is 12.1 Å². The van der Waals surface area contributed by atoms with E-state index in [0.29, 0.717) is 5.88 Å². The zero-order chi connectivity index (χ0) is 22.9. The molecule has 2 aromatic heterocycles. The summed E-state index contributed by atoms with van der Waals surface area (Å²) in [6.45, 7) is 3.79. The second-order valence-corrected chi connectivity index (χ2v) is 9.73. The third kappa shape index (κ3) is 4.38. The molecule has 0 fully saturated rings. The third-order valence-corrected chi connectivity index (χ3v) is 6.89. The Kier molecular flexibility index (Phi) is 6.01. The van der Waals surface area contributed by atoms with E-state index in [2.05, 4.69) is 20.9 Å². The molecule has 1 aromatic carbocycles. The number of aromatic nitrogens is 3. The maximum absolute atomic E-state index is 12.9. The summed E-state index contributed by atoms with van der Waals surface area (Å²) < 4.78 is 34.4. The van der Waals surface area contributed by atoms with Crippen LogP contribution in [0, 0.1) is 0 Å². The number of benzene rings is 1. The number of hydrogen-bond donors (Lipinski definition) is 1. The van der Waals surface area contributed by atoms with Gasteiger partial charge in [0.05, 0.1) is 13.5 Å². The van der Waals surface area contributed by atoms with Crippen LogP contribution in [0.5, 0.6) is 5.88 Å². The van der Waals surface area contributed by atoms with Gasteiger partial charge in [-0.15, -0.1) is 0 Å². The molecule has 0 saturated heterocycles. The van der Waals surface area contributed by atoms with E-state index >= 15 is 0 Å². The predicted octanol–water partition coefficient (Wildman–Crippen LogP) is 3.07. The van der Waals surface area contributed by atoms with Crippen molar-refractivity contribution in [2.24, 2.45) is 0 Å². The zero-order valence-electron chi connectivity index (χ0n) is 18.3. The van der Waals surface area contributed by atoms with Crippen LogP contribution in [-0.4, -0.2) is 36.2 Å².